The van der Waals surface area contributed by atoms with E-state index in [4.69, 9.17) is 9.47 Å². The van der Waals surface area contributed by atoms with E-state index in [2.05, 4.69) is 0 Å². The SMILES string of the molecule is CCC(C)(Oc1cc(C(=O)Oc2ccccc2)ccc1F)c1ccccc1. The van der Waals surface area contributed by atoms with Crippen molar-refractivity contribution in [1.82, 2.24) is 0 Å². The molecule has 0 aliphatic heterocycles. The highest BCUT2D eigenvalue weighted by atomic mass is 19.1. The predicted octanol–water partition coefficient (Wildman–Crippen LogP) is 5.75. The Balaban J connectivity index is 1.86. The molecule has 138 valence electrons. The van der Waals surface area contributed by atoms with Crippen LogP contribution < -0.4 is 9.47 Å². The van der Waals surface area contributed by atoms with Crippen molar-refractivity contribution in [1.29, 1.82) is 0 Å². The second kappa shape index (κ2) is 8.04. The van der Waals surface area contributed by atoms with Crippen LogP contribution in [0.25, 0.3) is 0 Å². The average Bonchev–Trinajstić information content (AvgIpc) is 2.71. The molecule has 3 aromatic rings. The third-order valence-electron chi connectivity index (χ3n) is 4.51. The number of esters is 1. The first-order chi connectivity index (χ1) is 13.0. The van der Waals surface area contributed by atoms with Gasteiger partial charge in [-0.05, 0) is 49.2 Å². The third kappa shape index (κ3) is 4.34. The minimum Gasteiger partial charge on any atom is -0.480 e. The molecule has 27 heavy (non-hydrogen) atoms. The molecule has 0 bridgehead atoms. The first-order valence-corrected chi connectivity index (χ1v) is 8.83. The number of halogens is 1. The fraction of sp³-hybridized carbons (Fsp3) is 0.174. The van der Waals surface area contributed by atoms with Crippen LogP contribution in [-0.2, 0) is 5.60 Å². The number of para-hydroxylation sites is 1. The van der Waals surface area contributed by atoms with Crippen molar-refractivity contribution < 1.29 is 18.7 Å². The van der Waals surface area contributed by atoms with Crippen molar-refractivity contribution in [2.75, 3.05) is 0 Å². The van der Waals surface area contributed by atoms with Gasteiger partial charge in [-0.1, -0.05) is 55.5 Å². The molecule has 0 heterocycles. The van der Waals surface area contributed by atoms with Crippen LogP contribution in [0.2, 0.25) is 0 Å². The Bertz CT molecular complexity index is 909. The minimum absolute atomic E-state index is 0.0192. The van der Waals surface area contributed by atoms with Crippen LogP contribution in [0.15, 0.2) is 78.9 Å². The van der Waals surface area contributed by atoms with Gasteiger partial charge >= 0.3 is 5.97 Å². The fourth-order valence-corrected chi connectivity index (χ4v) is 2.73. The van der Waals surface area contributed by atoms with Gasteiger partial charge in [-0.3, -0.25) is 0 Å². The molecule has 4 heteroatoms. The van der Waals surface area contributed by atoms with Gasteiger partial charge in [0.25, 0.3) is 0 Å². The molecule has 0 aliphatic rings. The van der Waals surface area contributed by atoms with Crippen LogP contribution in [0.5, 0.6) is 11.5 Å². The molecular weight excluding hydrogens is 343 g/mol. The molecule has 0 saturated carbocycles. The molecule has 0 amide bonds. The lowest BCUT2D eigenvalue weighted by molar-refractivity contribution is 0.0713. The van der Waals surface area contributed by atoms with Crippen LogP contribution in [0.3, 0.4) is 0 Å². The molecule has 1 atom stereocenters. The largest absolute Gasteiger partial charge is 0.480 e. The van der Waals surface area contributed by atoms with Crippen molar-refractivity contribution in [2.24, 2.45) is 0 Å². The number of rotatable bonds is 6. The Hall–Kier alpha value is -3.14. The summed E-state index contributed by atoms with van der Waals surface area (Å²) < 4.78 is 25.7. The molecule has 0 radical (unpaired) electrons. The van der Waals surface area contributed by atoms with Gasteiger partial charge in [-0.15, -0.1) is 0 Å². The molecule has 0 aromatic heterocycles. The summed E-state index contributed by atoms with van der Waals surface area (Å²) in [4.78, 5) is 12.4. The van der Waals surface area contributed by atoms with Crippen LogP contribution in [0, 0.1) is 5.82 Å². The highest BCUT2D eigenvalue weighted by Gasteiger charge is 2.28. The van der Waals surface area contributed by atoms with Gasteiger partial charge in [0.05, 0.1) is 5.56 Å². The quantitative estimate of drug-likeness (QED) is 0.413. The highest BCUT2D eigenvalue weighted by Crippen LogP contribution is 2.33. The maximum Gasteiger partial charge on any atom is 0.343 e. The lowest BCUT2D eigenvalue weighted by atomic mass is 9.93. The van der Waals surface area contributed by atoms with E-state index in [-0.39, 0.29) is 11.3 Å². The maximum absolute atomic E-state index is 14.4. The zero-order valence-electron chi connectivity index (χ0n) is 15.3. The van der Waals surface area contributed by atoms with Gasteiger partial charge in [-0.25, -0.2) is 9.18 Å². The van der Waals surface area contributed by atoms with E-state index in [0.717, 1.165) is 5.56 Å². The van der Waals surface area contributed by atoms with Crippen LogP contribution >= 0.6 is 0 Å². The van der Waals surface area contributed by atoms with Gasteiger partial charge in [0, 0.05) is 0 Å². The van der Waals surface area contributed by atoms with Crippen LogP contribution in [-0.4, -0.2) is 5.97 Å². The van der Waals surface area contributed by atoms with E-state index in [1.165, 1.54) is 18.2 Å². The van der Waals surface area contributed by atoms with E-state index >= 15 is 0 Å². The van der Waals surface area contributed by atoms with Crippen LogP contribution in [0.1, 0.15) is 36.2 Å². The van der Waals surface area contributed by atoms with Gasteiger partial charge in [0.1, 0.15) is 11.4 Å². The number of benzene rings is 3. The molecule has 3 nitrogen and oxygen atoms in total. The smallest absolute Gasteiger partial charge is 0.343 e. The van der Waals surface area contributed by atoms with Crippen molar-refractivity contribution in [3.8, 4) is 11.5 Å². The van der Waals surface area contributed by atoms with E-state index in [1.54, 1.807) is 24.3 Å². The standard InChI is InChI=1S/C23H21FO3/c1-3-23(2,18-10-6-4-7-11-18)27-21-16-17(14-15-20(21)24)22(25)26-19-12-8-5-9-13-19/h4-16H,3H2,1-2H3. The summed E-state index contributed by atoms with van der Waals surface area (Å²) in [6, 6.07) is 22.4. The molecule has 0 spiro atoms. The summed E-state index contributed by atoms with van der Waals surface area (Å²) in [5, 5.41) is 0. The number of hydrogen-bond donors (Lipinski definition) is 0. The summed E-state index contributed by atoms with van der Waals surface area (Å²) >= 11 is 0. The summed E-state index contributed by atoms with van der Waals surface area (Å²) in [6.45, 7) is 3.87. The van der Waals surface area contributed by atoms with Crippen LogP contribution in [0.4, 0.5) is 4.39 Å². The molecule has 0 fully saturated rings. The predicted molar refractivity (Wildman–Crippen MR) is 103 cm³/mol. The average molecular weight is 364 g/mol. The summed E-state index contributed by atoms with van der Waals surface area (Å²) in [7, 11) is 0. The topological polar surface area (TPSA) is 35.5 Å². The van der Waals surface area contributed by atoms with Gasteiger partial charge in [-0.2, -0.15) is 0 Å². The second-order valence-electron chi connectivity index (χ2n) is 6.40. The van der Waals surface area contributed by atoms with Crippen molar-refractivity contribution >= 4 is 5.97 Å². The number of carbonyl (C=O) groups excluding carboxylic acids is 1. The Labute approximate surface area is 158 Å². The van der Waals surface area contributed by atoms with E-state index in [1.807, 2.05) is 50.2 Å². The summed E-state index contributed by atoms with van der Waals surface area (Å²) in [6.07, 6.45) is 0.634. The van der Waals surface area contributed by atoms with Gasteiger partial charge < -0.3 is 9.47 Å². The summed E-state index contributed by atoms with van der Waals surface area (Å²) in [5.41, 5.74) is 0.440. The molecule has 3 aromatic carbocycles. The first kappa shape index (κ1) is 18.6. The minimum atomic E-state index is -0.718. The molecule has 3 rings (SSSR count). The number of hydrogen-bond acceptors (Lipinski definition) is 3. The monoisotopic (exact) mass is 364 g/mol. The van der Waals surface area contributed by atoms with E-state index in [0.29, 0.717) is 12.2 Å². The van der Waals surface area contributed by atoms with Gasteiger partial charge in [0.15, 0.2) is 11.6 Å². The Kier molecular flexibility index (Phi) is 5.55. The number of ether oxygens (including phenoxy) is 2. The van der Waals surface area contributed by atoms with E-state index in [9.17, 15) is 9.18 Å². The van der Waals surface area contributed by atoms with E-state index < -0.39 is 17.4 Å². The highest BCUT2D eigenvalue weighted by molar-refractivity contribution is 5.91. The maximum atomic E-state index is 14.4. The Morgan fingerprint density at radius 3 is 2.22 bits per heavy atom. The number of carbonyl (C=O) groups is 1. The third-order valence-corrected chi connectivity index (χ3v) is 4.51. The van der Waals surface area contributed by atoms with Crippen molar-refractivity contribution in [3.05, 3.63) is 95.8 Å². The Morgan fingerprint density at radius 1 is 0.963 bits per heavy atom. The fourth-order valence-electron chi connectivity index (χ4n) is 2.73. The molecule has 0 N–H and O–H groups in total. The second-order valence-corrected chi connectivity index (χ2v) is 6.40. The molecule has 0 saturated heterocycles. The summed E-state index contributed by atoms with van der Waals surface area (Å²) in [5.74, 6) is -0.645. The zero-order valence-corrected chi connectivity index (χ0v) is 15.3. The van der Waals surface area contributed by atoms with Crippen molar-refractivity contribution in [3.63, 3.8) is 0 Å². The lowest BCUT2D eigenvalue weighted by Crippen LogP contribution is -2.29. The van der Waals surface area contributed by atoms with Gasteiger partial charge in [0.2, 0.25) is 0 Å². The molecular formula is C23H21FO3. The lowest BCUT2D eigenvalue weighted by Gasteiger charge is -2.30. The Morgan fingerprint density at radius 2 is 1.59 bits per heavy atom. The van der Waals surface area contributed by atoms with Crippen molar-refractivity contribution in [2.45, 2.75) is 25.9 Å². The normalized spacial score (nSPS) is 12.9. The molecule has 0 aliphatic carbocycles. The zero-order chi connectivity index (χ0) is 19.3. The first-order valence-electron chi connectivity index (χ1n) is 8.83. The molecule has 1 unspecified atom stereocenters.